The Bertz CT molecular complexity index is 658. The standard InChI is InChI=1S/C17H28N4O3S/c1-2-13-25(23,24)20-16-6-3-5-15(14-16)17(22)19-7-4-10-21-11-8-18-9-12-21/h3,5-6,14,18,20H,2,4,7-13H2,1H3,(H,19,22). The van der Waals surface area contributed by atoms with Crippen LogP contribution in [0, 0.1) is 0 Å². The zero-order valence-corrected chi connectivity index (χ0v) is 15.6. The minimum atomic E-state index is -3.35. The van der Waals surface area contributed by atoms with Gasteiger partial charge in [-0.05, 0) is 37.6 Å². The number of amides is 1. The van der Waals surface area contributed by atoms with E-state index in [1.54, 1.807) is 24.3 Å². The molecule has 0 bridgehead atoms. The molecule has 0 aromatic heterocycles. The van der Waals surface area contributed by atoms with Crippen molar-refractivity contribution >= 4 is 21.6 Å². The maximum absolute atomic E-state index is 12.2. The number of carbonyl (C=O) groups excluding carboxylic acids is 1. The predicted octanol–water partition coefficient (Wildman–Crippen LogP) is 0.863. The molecule has 1 aromatic rings. The molecule has 1 amide bonds. The molecule has 1 heterocycles. The van der Waals surface area contributed by atoms with Crippen molar-refractivity contribution in [1.29, 1.82) is 0 Å². The van der Waals surface area contributed by atoms with Crippen LogP contribution in [0.25, 0.3) is 0 Å². The van der Waals surface area contributed by atoms with Crippen LogP contribution in [0.1, 0.15) is 30.1 Å². The first-order valence-corrected chi connectivity index (χ1v) is 10.5. The van der Waals surface area contributed by atoms with Crippen LogP contribution >= 0.6 is 0 Å². The second-order valence-corrected chi connectivity index (χ2v) is 8.04. The fraction of sp³-hybridized carbons (Fsp3) is 0.588. The molecular weight excluding hydrogens is 340 g/mol. The lowest BCUT2D eigenvalue weighted by Crippen LogP contribution is -2.44. The van der Waals surface area contributed by atoms with Gasteiger partial charge < -0.3 is 15.5 Å². The molecule has 1 saturated heterocycles. The highest BCUT2D eigenvalue weighted by molar-refractivity contribution is 7.92. The summed E-state index contributed by atoms with van der Waals surface area (Å²) >= 11 is 0. The smallest absolute Gasteiger partial charge is 0.251 e. The van der Waals surface area contributed by atoms with Gasteiger partial charge in [0, 0.05) is 44.0 Å². The van der Waals surface area contributed by atoms with E-state index in [0.717, 1.165) is 39.1 Å². The van der Waals surface area contributed by atoms with Crippen molar-refractivity contribution in [3.8, 4) is 0 Å². The summed E-state index contributed by atoms with van der Waals surface area (Å²) in [4.78, 5) is 14.6. The summed E-state index contributed by atoms with van der Waals surface area (Å²) < 4.78 is 26.1. The van der Waals surface area contributed by atoms with Crippen LogP contribution in [-0.4, -0.2) is 64.2 Å². The second-order valence-electron chi connectivity index (χ2n) is 6.20. The number of sulfonamides is 1. The maximum atomic E-state index is 12.2. The number of nitrogens with zero attached hydrogens (tertiary/aromatic N) is 1. The van der Waals surface area contributed by atoms with E-state index in [9.17, 15) is 13.2 Å². The molecule has 25 heavy (non-hydrogen) atoms. The summed E-state index contributed by atoms with van der Waals surface area (Å²) in [5.74, 6) is -0.119. The van der Waals surface area contributed by atoms with Crippen molar-refractivity contribution in [3.63, 3.8) is 0 Å². The zero-order chi connectivity index (χ0) is 18.1. The van der Waals surface area contributed by atoms with Gasteiger partial charge in [-0.2, -0.15) is 0 Å². The molecule has 140 valence electrons. The van der Waals surface area contributed by atoms with Crippen molar-refractivity contribution in [3.05, 3.63) is 29.8 Å². The van der Waals surface area contributed by atoms with Gasteiger partial charge in [0.25, 0.3) is 5.91 Å². The first-order chi connectivity index (χ1) is 12.0. The zero-order valence-electron chi connectivity index (χ0n) is 14.8. The Kier molecular flexibility index (Phi) is 7.67. The van der Waals surface area contributed by atoms with E-state index in [0.29, 0.717) is 24.2 Å². The fourth-order valence-corrected chi connectivity index (χ4v) is 3.89. The van der Waals surface area contributed by atoms with E-state index in [2.05, 4.69) is 20.3 Å². The Morgan fingerprint density at radius 1 is 1.28 bits per heavy atom. The first-order valence-electron chi connectivity index (χ1n) is 8.82. The number of hydrogen-bond acceptors (Lipinski definition) is 5. The average molecular weight is 369 g/mol. The minimum Gasteiger partial charge on any atom is -0.352 e. The SMILES string of the molecule is CCCS(=O)(=O)Nc1cccc(C(=O)NCCCN2CCNCC2)c1. The van der Waals surface area contributed by atoms with Crippen LogP contribution < -0.4 is 15.4 Å². The lowest BCUT2D eigenvalue weighted by molar-refractivity contribution is 0.0951. The predicted molar refractivity (Wildman–Crippen MR) is 100 cm³/mol. The average Bonchev–Trinajstić information content (AvgIpc) is 2.59. The highest BCUT2D eigenvalue weighted by atomic mass is 32.2. The topological polar surface area (TPSA) is 90.5 Å². The third-order valence-electron chi connectivity index (χ3n) is 4.02. The van der Waals surface area contributed by atoms with Gasteiger partial charge in [-0.1, -0.05) is 13.0 Å². The van der Waals surface area contributed by atoms with E-state index in [-0.39, 0.29) is 11.7 Å². The minimum absolute atomic E-state index is 0.0649. The van der Waals surface area contributed by atoms with Crippen LogP contribution in [0.3, 0.4) is 0 Å². The molecular formula is C17H28N4O3S. The van der Waals surface area contributed by atoms with Gasteiger partial charge in [-0.15, -0.1) is 0 Å². The number of hydrogen-bond donors (Lipinski definition) is 3. The molecule has 0 spiro atoms. The molecule has 1 aromatic carbocycles. The van der Waals surface area contributed by atoms with E-state index in [1.807, 2.05) is 6.92 Å². The highest BCUT2D eigenvalue weighted by Crippen LogP contribution is 2.13. The van der Waals surface area contributed by atoms with Gasteiger partial charge in [0.1, 0.15) is 0 Å². The van der Waals surface area contributed by atoms with Crippen LogP contribution in [0.4, 0.5) is 5.69 Å². The highest BCUT2D eigenvalue weighted by Gasteiger charge is 2.12. The summed E-state index contributed by atoms with van der Waals surface area (Å²) in [5, 5.41) is 6.21. The number of piperazine rings is 1. The van der Waals surface area contributed by atoms with Crippen molar-refractivity contribution in [2.24, 2.45) is 0 Å². The molecule has 0 atom stereocenters. The van der Waals surface area contributed by atoms with Crippen LogP contribution in [-0.2, 0) is 10.0 Å². The van der Waals surface area contributed by atoms with Crippen molar-refractivity contribution < 1.29 is 13.2 Å². The Balaban J connectivity index is 1.80. The van der Waals surface area contributed by atoms with E-state index in [4.69, 9.17) is 0 Å². The quantitative estimate of drug-likeness (QED) is 0.563. The first kappa shape index (κ1) is 19.7. The van der Waals surface area contributed by atoms with Gasteiger partial charge in [-0.3, -0.25) is 9.52 Å². The van der Waals surface area contributed by atoms with Gasteiger partial charge in [-0.25, -0.2) is 8.42 Å². The summed E-state index contributed by atoms with van der Waals surface area (Å²) in [6, 6.07) is 6.58. The van der Waals surface area contributed by atoms with Gasteiger partial charge in [0.2, 0.25) is 10.0 Å². The molecule has 1 aliphatic rings. The second kappa shape index (κ2) is 9.74. The number of anilines is 1. The van der Waals surface area contributed by atoms with Crippen LogP contribution in [0.5, 0.6) is 0 Å². The van der Waals surface area contributed by atoms with Crippen LogP contribution in [0.2, 0.25) is 0 Å². The number of benzene rings is 1. The third kappa shape index (κ3) is 7.01. The maximum Gasteiger partial charge on any atom is 0.251 e. The Morgan fingerprint density at radius 2 is 2.04 bits per heavy atom. The van der Waals surface area contributed by atoms with Crippen molar-refractivity contribution in [1.82, 2.24) is 15.5 Å². The van der Waals surface area contributed by atoms with Crippen molar-refractivity contribution in [2.45, 2.75) is 19.8 Å². The van der Waals surface area contributed by atoms with E-state index in [1.165, 1.54) is 0 Å². The molecule has 2 rings (SSSR count). The summed E-state index contributed by atoms with van der Waals surface area (Å²) in [5.41, 5.74) is 0.876. The Hall–Kier alpha value is -1.64. The van der Waals surface area contributed by atoms with E-state index >= 15 is 0 Å². The van der Waals surface area contributed by atoms with E-state index < -0.39 is 10.0 Å². The molecule has 0 aliphatic carbocycles. The fourth-order valence-electron chi connectivity index (χ4n) is 2.76. The summed E-state index contributed by atoms with van der Waals surface area (Å²) in [7, 11) is -3.35. The lowest BCUT2D eigenvalue weighted by atomic mass is 10.2. The van der Waals surface area contributed by atoms with Crippen molar-refractivity contribution in [2.75, 3.05) is 49.7 Å². The lowest BCUT2D eigenvalue weighted by Gasteiger charge is -2.27. The monoisotopic (exact) mass is 368 g/mol. The summed E-state index contributed by atoms with van der Waals surface area (Å²) in [6.07, 6.45) is 1.44. The molecule has 0 saturated carbocycles. The largest absolute Gasteiger partial charge is 0.352 e. The van der Waals surface area contributed by atoms with Gasteiger partial charge in [0.15, 0.2) is 0 Å². The Labute approximate surface area is 150 Å². The molecule has 8 heteroatoms. The molecule has 7 nitrogen and oxygen atoms in total. The molecule has 3 N–H and O–H groups in total. The van der Waals surface area contributed by atoms with Gasteiger partial charge >= 0.3 is 0 Å². The molecule has 1 fully saturated rings. The number of nitrogens with one attached hydrogen (secondary N) is 3. The van der Waals surface area contributed by atoms with Crippen LogP contribution in [0.15, 0.2) is 24.3 Å². The van der Waals surface area contributed by atoms with Gasteiger partial charge in [0.05, 0.1) is 5.75 Å². The number of rotatable bonds is 9. The third-order valence-corrected chi connectivity index (χ3v) is 5.51. The number of carbonyl (C=O) groups is 1. The molecule has 0 unspecified atom stereocenters. The normalized spacial score (nSPS) is 15.7. The Morgan fingerprint density at radius 3 is 2.76 bits per heavy atom. The molecule has 1 aliphatic heterocycles. The molecule has 0 radical (unpaired) electrons. The summed E-state index contributed by atoms with van der Waals surface area (Å²) in [6.45, 7) is 7.53.